The second-order valence-corrected chi connectivity index (χ2v) is 13.2. The molecular weight excluding hydrogens is 411 g/mol. The number of amides is 1. The first-order valence-corrected chi connectivity index (χ1v) is 12.8. The third-order valence-electron chi connectivity index (χ3n) is 9.13. The molecule has 0 N–H and O–H groups in total. The Bertz CT molecular complexity index is 948. The summed E-state index contributed by atoms with van der Waals surface area (Å²) in [5.41, 5.74) is 2.32. The van der Waals surface area contributed by atoms with E-state index < -0.39 is 12.5 Å². The van der Waals surface area contributed by atoms with Crippen LogP contribution in [0.3, 0.4) is 0 Å². The Kier molecular flexibility index (Phi) is 5.18. The molecule has 3 aliphatic heterocycles. The Morgan fingerprint density at radius 1 is 0.939 bits per heavy atom. The molecule has 5 rings (SSSR count). The van der Waals surface area contributed by atoms with Crippen LogP contribution in [0.5, 0.6) is 0 Å². The third kappa shape index (κ3) is 3.68. The van der Waals surface area contributed by atoms with E-state index in [4.69, 9.17) is 9.31 Å². The van der Waals surface area contributed by atoms with Gasteiger partial charge in [-0.2, -0.15) is 0 Å². The van der Waals surface area contributed by atoms with Crippen molar-refractivity contribution < 1.29 is 14.1 Å². The van der Waals surface area contributed by atoms with Crippen LogP contribution < -0.4 is 10.4 Å². The summed E-state index contributed by atoms with van der Waals surface area (Å²) in [7, 11) is -0.411. The van der Waals surface area contributed by atoms with E-state index in [2.05, 4.69) is 83.4 Å². The maximum atomic E-state index is 13.6. The SMILES string of the molecule is CC1(C)CCCN(C2CC(N3C(=O)C(C)(C)c4ccc(B5OC(C)(C)C(C)(C)O5)cc43)C2)C1. The zero-order valence-corrected chi connectivity index (χ0v) is 21.8. The highest BCUT2D eigenvalue weighted by Gasteiger charge is 2.54. The van der Waals surface area contributed by atoms with Crippen molar-refractivity contribution in [2.24, 2.45) is 5.41 Å². The Morgan fingerprint density at radius 3 is 2.18 bits per heavy atom. The van der Waals surface area contributed by atoms with Gasteiger partial charge in [-0.25, -0.2) is 0 Å². The maximum absolute atomic E-state index is 13.6. The summed E-state index contributed by atoms with van der Waals surface area (Å²) < 4.78 is 12.6. The van der Waals surface area contributed by atoms with E-state index in [0.29, 0.717) is 11.5 Å². The summed E-state index contributed by atoms with van der Waals surface area (Å²) in [6.45, 7) is 19.6. The highest BCUT2D eigenvalue weighted by Crippen LogP contribution is 2.47. The van der Waals surface area contributed by atoms with Gasteiger partial charge in [0.15, 0.2) is 0 Å². The molecule has 5 nitrogen and oxygen atoms in total. The highest BCUT2D eigenvalue weighted by atomic mass is 16.7. The molecule has 4 aliphatic rings. The molecule has 3 fully saturated rings. The summed E-state index contributed by atoms with van der Waals surface area (Å²) in [5, 5.41) is 0. The molecule has 1 aliphatic carbocycles. The van der Waals surface area contributed by atoms with Crippen LogP contribution in [0.15, 0.2) is 18.2 Å². The molecule has 1 aromatic rings. The van der Waals surface area contributed by atoms with Crippen molar-refractivity contribution in [1.82, 2.24) is 4.90 Å². The number of piperidine rings is 1. The Labute approximate surface area is 200 Å². The first-order valence-electron chi connectivity index (χ1n) is 12.8. The van der Waals surface area contributed by atoms with Gasteiger partial charge in [0.1, 0.15) is 0 Å². The average molecular weight is 452 g/mol. The van der Waals surface area contributed by atoms with Gasteiger partial charge in [0.2, 0.25) is 5.91 Å². The average Bonchev–Trinajstić information content (AvgIpc) is 3.00. The van der Waals surface area contributed by atoms with Crippen LogP contribution in [-0.4, -0.2) is 54.3 Å². The zero-order valence-electron chi connectivity index (χ0n) is 21.8. The summed E-state index contributed by atoms with van der Waals surface area (Å²) in [4.78, 5) is 18.4. The van der Waals surface area contributed by atoms with Crippen LogP contribution in [0.25, 0.3) is 0 Å². The van der Waals surface area contributed by atoms with Gasteiger partial charge < -0.3 is 14.2 Å². The third-order valence-corrected chi connectivity index (χ3v) is 9.13. The van der Waals surface area contributed by atoms with E-state index in [0.717, 1.165) is 29.6 Å². The van der Waals surface area contributed by atoms with Gasteiger partial charge in [0.25, 0.3) is 0 Å². The number of likely N-dealkylation sites (tertiary alicyclic amines) is 1. The fourth-order valence-corrected chi connectivity index (χ4v) is 6.14. The highest BCUT2D eigenvalue weighted by molar-refractivity contribution is 6.62. The first kappa shape index (κ1) is 23.4. The number of hydrogen-bond acceptors (Lipinski definition) is 4. The number of hydrogen-bond donors (Lipinski definition) is 0. The quantitative estimate of drug-likeness (QED) is 0.643. The lowest BCUT2D eigenvalue weighted by molar-refractivity contribution is -0.123. The number of carbonyl (C=O) groups excluding carboxylic acids is 1. The normalized spacial score (nSPS) is 32.1. The van der Waals surface area contributed by atoms with Crippen LogP contribution >= 0.6 is 0 Å². The minimum absolute atomic E-state index is 0.228. The molecule has 1 saturated carbocycles. The summed E-state index contributed by atoms with van der Waals surface area (Å²) >= 11 is 0. The van der Waals surface area contributed by atoms with Crippen LogP contribution in [0.1, 0.15) is 86.6 Å². The monoisotopic (exact) mass is 452 g/mol. The topological polar surface area (TPSA) is 42.0 Å². The van der Waals surface area contributed by atoms with Gasteiger partial charge in [-0.1, -0.05) is 26.0 Å². The molecule has 0 atom stereocenters. The predicted octanol–water partition coefficient (Wildman–Crippen LogP) is 4.26. The first-order chi connectivity index (χ1) is 15.2. The molecule has 0 radical (unpaired) electrons. The van der Waals surface area contributed by atoms with Gasteiger partial charge in [-0.05, 0) is 96.3 Å². The Balaban J connectivity index is 1.38. The molecule has 0 spiro atoms. The van der Waals surface area contributed by atoms with E-state index in [9.17, 15) is 4.79 Å². The van der Waals surface area contributed by atoms with Crippen molar-refractivity contribution in [3.8, 4) is 0 Å². The number of anilines is 1. The predicted molar refractivity (Wildman–Crippen MR) is 134 cm³/mol. The molecule has 3 heterocycles. The Morgan fingerprint density at radius 2 is 1.58 bits per heavy atom. The van der Waals surface area contributed by atoms with Gasteiger partial charge >= 0.3 is 7.12 Å². The summed E-state index contributed by atoms with van der Waals surface area (Å²) in [5.74, 6) is 0.228. The van der Waals surface area contributed by atoms with Gasteiger partial charge in [0, 0.05) is 24.3 Å². The van der Waals surface area contributed by atoms with Crippen molar-refractivity contribution in [1.29, 1.82) is 0 Å². The van der Waals surface area contributed by atoms with Gasteiger partial charge in [-0.15, -0.1) is 0 Å². The lowest BCUT2D eigenvalue weighted by Gasteiger charge is -2.50. The summed E-state index contributed by atoms with van der Waals surface area (Å²) in [6.07, 6.45) is 4.73. The molecule has 6 heteroatoms. The maximum Gasteiger partial charge on any atom is 0.494 e. The molecule has 0 aromatic heterocycles. The van der Waals surface area contributed by atoms with Crippen molar-refractivity contribution in [3.05, 3.63) is 23.8 Å². The standard InChI is InChI=1S/C27H41BN2O3/c1-24(2)12-9-13-29(17-24)19-15-20(16-19)30-22-14-18(10-11-21(22)25(3,4)23(30)31)28-32-26(5,6)27(7,8)33-28/h10-11,14,19-20H,9,12-13,15-17H2,1-8H3. The van der Waals surface area contributed by atoms with E-state index >= 15 is 0 Å². The molecule has 1 aromatic carbocycles. The van der Waals surface area contributed by atoms with E-state index in [1.54, 1.807) is 0 Å². The minimum atomic E-state index is -0.498. The van der Waals surface area contributed by atoms with E-state index in [1.165, 1.54) is 25.9 Å². The minimum Gasteiger partial charge on any atom is -0.399 e. The molecule has 2 saturated heterocycles. The number of nitrogens with zero attached hydrogens (tertiary/aromatic N) is 2. The van der Waals surface area contributed by atoms with Crippen LogP contribution in [0, 0.1) is 5.41 Å². The van der Waals surface area contributed by atoms with Crippen LogP contribution in [0.2, 0.25) is 0 Å². The number of carbonyl (C=O) groups is 1. The second kappa shape index (κ2) is 7.32. The zero-order chi connectivity index (χ0) is 24.0. The van der Waals surface area contributed by atoms with E-state index in [-0.39, 0.29) is 23.2 Å². The lowest BCUT2D eigenvalue weighted by atomic mass is 9.76. The molecule has 0 unspecified atom stereocenters. The lowest BCUT2D eigenvalue weighted by Crippen LogP contribution is -2.58. The van der Waals surface area contributed by atoms with Crippen molar-refractivity contribution in [2.45, 2.75) is 110 Å². The van der Waals surface area contributed by atoms with Crippen molar-refractivity contribution in [2.75, 3.05) is 18.0 Å². The Hall–Kier alpha value is -1.37. The van der Waals surface area contributed by atoms with Gasteiger partial charge in [0.05, 0.1) is 16.6 Å². The molecule has 0 bridgehead atoms. The second-order valence-electron chi connectivity index (χ2n) is 13.2. The largest absolute Gasteiger partial charge is 0.494 e. The smallest absolute Gasteiger partial charge is 0.399 e. The summed E-state index contributed by atoms with van der Waals surface area (Å²) in [6, 6.07) is 7.24. The molecule has 180 valence electrons. The van der Waals surface area contributed by atoms with Crippen molar-refractivity contribution >= 4 is 24.2 Å². The van der Waals surface area contributed by atoms with Crippen LogP contribution in [0.4, 0.5) is 5.69 Å². The molecular formula is C27H41BN2O3. The fourth-order valence-electron chi connectivity index (χ4n) is 6.14. The number of rotatable bonds is 3. The molecule has 33 heavy (non-hydrogen) atoms. The van der Waals surface area contributed by atoms with Gasteiger partial charge in [-0.3, -0.25) is 9.69 Å². The number of fused-ring (bicyclic) bond motifs is 1. The van der Waals surface area contributed by atoms with E-state index in [1.807, 2.05) is 0 Å². The fraction of sp³-hybridized carbons (Fsp3) is 0.741. The number of benzene rings is 1. The van der Waals surface area contributed by atoms with Crippen LogP contribution in [-0.2, 0) is 19.5 Å². The van der Waals surface area contributed by atoms with Crippen molar-refractivity contribution in [3.63, 3.8) is 0 Å². The molecule has 1 amide bonds.